The molecule has 0 aromatic heterocycles. The Morgan fingerprint density at radius 1 is 1.04 bits per heavy atom. The van der Waals surface area contributed by atoms with Gasteiger partial charge in [0, 0.05) is 11.8 Å². The van der Waals surface area contributed by atoms with E-state index in [9.17, 15) is 9.59 Å². The van der Waals surface area contributed by atoms with Crippen molar-refractivity contribution >= 4 is 23.2 Å². The number of nitrogens with zero attached hydrogens (tertiary/aromatic N) is 1. The smallest absolute Gasteiger partial charge is 0.256 e. The molecule has 24 heavy (non-hydrogen) atoms. The Morgan fingerprint density at radius 2 is 1.83 bits per heavy atom. The number of methoxy groups -OCH3 is 2. The van der Waals surface area contributed by atoms with Crippen molar-refractivity contribution in [1.82, 2.24) is 0 Å². The number of imide groups is 1. The number of hydrogen-bond donors (Lipinski definition) is 1. The van der Waals surface area contributed by atoms with Gasteiger partial charge in [-0.15, -0.1) is 0 Å². The summed E-state index contributed by atoms with van der Waals surface area (Å²) in [6.45, 7) is 0. The van der Waals surface area contributed by atoms with Gasteiger partial charge in [-0.2, -0.15) is 0 Å². The van der Waals surface area contributed by atoms with Gasteiger partial charge in [0.05, 0.1) is 26.3 Å². The second kappa shape index (κ2) is 6.62. The molecular formula is C18H18N2O4. The van der Waals surface area contributed by atoms with E-state index in [1.165, 1.54) is 12.0 Å². The van der Waals surface area contributed by atoms with Crippen LogP contribution in [0.4, 0.5) is 11.4 Å². The van der Waals surface area contributed by atoms with E-state index in [1.54, 1.807) is 37.4 Å². The Balaban J connectivity index is 1.83. The first-order valence-corrected chi connectivity index (χ1v) is 7.54. The number of ether oxygens (including phenoxy) is 2. The SMILES string of the molecule is COc1cccc(N[C@H]2CC(=O)N(c3ccccc3OC)C2=O)c1. The van der Waals surface area contributed by atoms with Gasteiger partial charge in [0.1, 0.15) is 17.5 Å². The van der Waals surface area contributed by atoms with Gasteiger partial charge in [-0.3, -0.25) is 9.59 Å². The third kappa shape index (κ3) is 2.90. The van der Waals surface area contributed by atoms with E-state index < -0.39 is 6.04 Å². The van der Waals surface area contributed by atoms with Crippen LogP contribution in [0.15, 0.2) is 48.5 Å². The summed E-state index contributed by atoms with van der Waals surface area (Å²) >= 11 is 0. The number of hydrogen-bond acceptors (Lipinski definition) is 5. The van der Waals surface area contributed by atoms with Crippen molar-refractivity contribution in [2.75, 3.05) is 24.4 Å². The van der Waals surface area contributed by atoms with Crippen LogP contribution in [0.5, 0.6) is 11.5 Å². The van der Waals surface area contributed by atoms with Crippen LogP contribution in [0, 0.1) is 0 Å². The van der Waals surface area contributed by atoms with Gasteiger partial charge in [0.25, 0.3) is 5.91 Å². The van der Waals surface area contributed by atoms with Crippen LogP contribution in [-0.2, 0) is 9.59 Å². The Morgan fingerprint density at radius 3 is 2.58 bits per heavy atom. The van der Waals surface area contributed by atoms with Crippen LogP contribution in [0.25, 0.3) is 0 Å². The Kier molecular flexibility index (Phi) is 4.37. The molecule has 0 spiro atoms. The number of carbonyl (C=O) groups excluding carboxylic acids is 2. The lowest BCUT2D eigenvalue weighted by Gasteiger charge is -2.18. The van der Waals surface area contributed by atoms with E-state index in [1.807, 2.05) is 18.2 Å². The molecule has 0 saturated carbocycles. The average Bonchev–Trinajstić information content (AvgIpc) is 2.88. The fourth-order valence-electron chi connectivity index (χ4n) is 2.73. The second-order valence-electron chi connectivity index (χ2n) is 5.37. The normalized spacial score (nSPS) is 17.1. The largest absolute Gasteiger partial charge is 0.497 e. The number of benzene rings is 2. The molecule has 6 heteroatoms. The standard InChI is InChI=1S/C18H18N2O4/c1-23-13-7-5-6-12(10-13)19-14-11-17(21)20(18(14)22)15-8-3-4-9-16(15)24-2/h3-10,14,19H,11H2,1-2H3/t14-/m0/s1. The Labute approximate surface area is 140 Å². The van der Waals surface area contributed by atoms with E-state index >= 15 is 0 Å². The third-order valence-electron chi connectivity index (χ3n) is 3.88. The topological polar surface area (TPSA) is 67.9 Å². The predicted molar refractivity (Wildman–Crippen MR) is 90.5 cm³/mol. The van der Waals surface area contributed by atoms with Crippen molar-refractivity contribution in [3.05, 3.63) is 48.5 Å². The van der Waals surface area contributed by atoms with Crippen LogP contribution < -0.4 is 19.7 Å². The maximum Gasteiger partial charge on any atom is 0.256 e. The molecule has 0 bridgehead atoms. The van der Waals surface area contributed by atoms with E-state index in [-0.39, 0.29) is 18.2 Å². The summed E-state index contributed by atoms with van der Waals surface area (Å²) in [5.74, 6) is 0.608. The highest BCUT2D eigenvalue weighted by molar-refractivity contribution is 6.23. The molecule has 1 fully saturated rings. The van der Waals surface area contributed by atoms with E-state index in [4.69, 9.17) is 9.47 Å². The molecule has 124 valence electrons. The molecule has 1 atom stereocenters. The molecule has 6 nitrogen and oxygen atoms in total. The summed E-state index contributed by atoms with van der Waals surface area (Å²) in [6, 6.07) is 13.6. The van der Waals surface area contributed by atoms with Gasteiger partial charge in [-0.1, -0.05) is 18.2 Å². The van der Waals surface area contributed by atoms with E-state index in [0.29, 0.717) is 17.2 Å². The van der Waals surface area contributed by atoms with Crippen molar-refractivity contribution in [2.24, 2.45) is 0 Å². The summed E-state index contributed by atoms with van der Waals surface area (Å²) in [4.78, 5) is 26.2. The van der Waals surface area contributed by atoms with Crippen molar-refractivity contribution in [2.45, 2.75) is 12.5 Å². The minimum absolute atomic E-state index is 0.0914. The zero-order valence-electron chi connectivity index (χ0n) is 13.5. The number of anilines is 2. The summed E-state index contributed by atoms with van der Waals surface area (Å²) in [6.07, 6.45) is 0.0914. The van der Waals surface area contributed by atoms with Crippen LogP contribution in [0.2, 0.25) is 0 Å². The molecule has 1 saturated heterocycles. The quantitative estimate of drug-likeness (QED) is 0.855. The molecular weight excluding hydrogens is 308 g/mol. The maximum atomic E-state index is 12.7. The van der Waals surface area contributed by atoms with Gasteiger partial charge in [0.15, 0.2) is 0 Å². The number of amides is 2. The monoisotopic (exact) mass is 326 g/mol. The number of nitrogens with one attached hydrogen (secondary N) is 1. The fraction of sp³-hybridized carbons (Fsp3) is 0.222. The van der Waals surface area contributed by atoms with E-state index in [2.05, 4.69) is 5.32 Å². The molecule has 0 unspecified atom stereocenters. The molecule has 0 radical (unpaired) electrons. The lowest BCUT2D eigenvalue weighted by molar-refractivity contribution is -0.121. The van der Waals surface area contributed by atoms with Gasteiger partial charge in [-0.25, -0.2) is 4.90 Å². The zero-order chi connectivity index (χ0) is 17.1. The summed E-state index contributed by atoms with van der Waals surface area (Å²) < 4.78 is 10.4. The Hall–Kier alpha value is -3.02. The molecule has 0 aliphatic carbocycles. The van der Waals surface area contributed by atoms with E-state index in [0.717, 1.165) is 5.69 Å². The zero-order valence-corrected chi connectivity index (χ0v) is 13.5. The average molecular weight is 326 g/mol. The molecule has 1 aliphatic heterocycles. The highest BCUT2D eigenvalue weighted by atomic mass is 16.5. The maximum absolute atomic E-state index is 12.7. The highest BCUT2D eigenvalue weighted by Gasteiger charge is 2.40. The molecule has 1 aliphatic rings. The van der Waals surface area contributed by atoms with Crippen molar-refractivity contribution < 1.29 is 19.1 Å². The first-order valence-electron chi connectivity index (χ1n) is 7.54. The first-order chi connectivity index (χ1) is 11.6. The van der Waals surface area contributed by atoms with Gasteiger partial charge in [0.2, 0.25) is 5.91 Å². The predicted octanol–water partition coefficient (Wildman–Crippen LogP) is 2.45. The van der Waals surface area contributed by atoms with Crippen molar-refractivity contribution in [1.29, 1.82) is 0 Å². The molecule has 2 aromatic carbocycles. The molecule has 3 rings (SSSR count). The van der Waals surface area contributed by atoms with Crippen LogP contribution >= 0.6 is 0 Å². The fourth-order valence-corrected chi connectivity index (χ4v) is 2.73. The minimum Gasteiger partial charge on any atom is -0.497 e. The highest BCUT2D eigenvalue weighted by Crippen LogP contribution is 2.32. The molecule has 2 amide bonds. The second-order valence-corrected chi connectivity index (χ2v) is 5.37. The third-order valence-corrected chi connectivity index (χ3v) is 3.88. The summed E-state index contributed by atoms with van der Waals surface area (Å²) in [7, 11) is 3.09. The number of rotatable bonds is 5. The molecule has 2 aromatic rings. The van der Waals surface area contributed by atoms with Crippen LogP contribution in [0.3, 0.4) is 0 Å². The van der Waals surface area contributed by atoms with Crippen LogP contribution in [0.1, 0.15) is 6.42 Å². The number of carbonyl (C=O) groups is 2. The molecule has 1 N–H and O–H groups in total. The van der Waals surface area contributed by atoms with Crippen molar-refractivity contribution in [3.8, 4) is 11.5 Å². The van der Waals surface area contributed by atoms with Gasteiger partial charge >= 0.3 is 0 Å². The lowest BCUT2D eigenvalue weighted by Crippen LogP contribution is -2.35. The minimum atomic E-state index is -0.616. The van der Waals surface area contributed by atoms with Crippen LogP contribution in [-0.4, -0.2) is 32.1 Å². The van der Waals surface area contributed by atoms with Crippen molar-refractivity contribution in [3.63, 3.8) is 0 Å². The molecule has 1 heterocycles. The lowest BCUT2D eigenvalue weighted by atomic mass is 10.2. The number of para-hydroxylation sites is 2. The van der Waals surface area contributed by atoms with Gasteiger partial charge < -0.3 is 14.8 Å². The first kappa shape index (κ1) is 15.9. The van der Waals surface area contributed by atoms with Gasteiger partial charge in [-0.05, 0) is 24.3 Å². The Bertz CT molecular complexity index is 775. The summed E-state index contributed by atoms with van der Waals surface area (Å²) in [5, 5.41) is 3.10. The summed E-state index contributed by atoms with van der Waals surface area (Å²) in [5.41, 5.74) is 1.19.